The Morgan fingerprint density at radius 1 is 1.39 bits per heavy atom. The lowest BCUT2D eigenvalue weighted by Crippen LogP contribution is -2.42. The van der Waals surface area contributed by atoms with E-state index < -0.39 is 11.8 Å². The summed E-state index contributed by atoms with van der Waals surface area (Å²) in [6.07, 6.45) is 6.21. The molecule has 0 aliphatic heterocycles. The Kier molecular flexibility index (Phi) is 10.4. The summed E-state index contributed by atoms with van der Waals surface area (Å²) in [5.74, 6) is -4.53. The molecule has 1 unspecified atom stereocenters. The van der Waals surface area contributed by atoms with Crippen LogP contribution in [0.4, 0.5) is 8.78 Å². The number of rotatable bonds is 5. The summed E-state index contributed by atoms with van der Waals surface area (Å²) in [6.45, 7) is 10.1. The lowest BCUT2D eigenvalue weighted by atomic mass is 10.1. The lowest BCUT2D eigenvalue weighted by Gasteiger charge is -2.17. The second-order valence-corrected chi connectivity index (χ2v) is 4.01. The van der Waals surface area contributed by atoms with Gasteiger partial charge in [0.2, 0.25) is 0 Å². The highest BCUT2D eigenvalue weighted by atomic mass is 19.3. The largest absolute Gasteiger partial charge is 0.348 e. The van der Waals surface area contributed by atoms with E-state index in [0.717, 1.165) is 5.57 Å². The Labute approximate surface area is 109 Å². The van der Waals surface area contributed by atoms with Crippen LogP contribution in [0.25, 0.3) is 0 Å². The van der Waals surface area contributed by atoms with Crippen LogP contribution in [0.3, 0.4) is 0 Å². The van der Waals surface area contributed by atoms with Crippen LogP contribution in [0.2, 0.25) is 0 Å². The highest BCUT2D eigenvalue weighted by molar-refractivity contribution is 5.83. The van der Waals surface area contributed by atoms with E-state index in [1.165, 1.54) is 0 Å². The summed E-state index contributed by atoms with van der Waals surface area (Å²) in [5.41, 5.74) is 1.03. The number of hydrogen-bond acceptors (Lipinski definition) is 1. The Morgan fingerprint density at radius 3 is 2.28 bits per heavy atom. The second-order valence-electron chi connectivity index (χ2n) is 4.01. The van der Waals surface area contributed by atoms with Crippen molar-refractivity contribution in [3.05, 3.63) is 23.8 Å². The van der Waals surface area contributed by atoms with E-state index in [1.54, 1.807) is 6.92 Å². The van der Waals surface area contributed by atoms with Gasteiger partial charge in [-0.25, -0.2) is 0 Å². The van der Waals surface area contributed by atoms with Gasteiger partial charge in [0, 0.05) is 13.0 Å². The fourth-order valence-corrected chi connectivity index (χ4v) is 1.21. The highest BCUT2D eigenvalue weighted by Crippen LogP contribution is 2.12. The van der Waals surface area contributed by atoms with Crippen molar-refractivity contribution >= 4 is 5.91 Å². The van der Waals surface area contributed by atoms with Crippen LogP contribution in [0.15, 0.2) is 23.8 Å². The fraction of sp³-hybridized carbons (Fsp3) is 0.643. The summed E-state index contributed by atoms with van der Waals surface area (Å²) >= 11 is 0. The summed E-state index contributed by atoms with van der Waals surface area (Å²) < 4.78 is 25.2. The molecule has 18 heavy (non-hydrogen) atoms. The van der Waals surface area contributed by atoms with Gasteiger partial charge in [-0.1, -0.05) is 37.6 Å². The van der Waals surface area contributed by atoms with Gasteiger partial charge in [-0.3, -0.25) is 4.79 Å². The number of carbonyl (C=O) groups excluding carboxylic acids is 1. The molecule has 0 aliphatic rings. The molecule has 0 fully saturated rings. The molecule has 1 N–H and O–H groups in total. The first-order chi connectivity index (χ1) is 8.27. The van der Waals surface area contributed by atoms with Crippen molar-refractivity contribution in [3.8, 4) is 0 Å². The SMILES string of the molecule is C/C=C\C=C(/C)CC(C)NC(=O)C(C)(F)F.CC. The number of nitrogens with one attached hydrogen (secondary N) is 1. The van der Waals surface area contributed by atoms with Gasteiger partial charge in [-0.15, -0.1) is 0 Å². The van der Waals surface area contributed by atoms with E-state index in [2.05, 4.69) is 5.32 Å². The molecule has 0 saturated carbocycles. The molecule has 1 atom stereocenters. The Balaban J connectivity index is 0. The van der Waals surface area contributed by atoms with Gasteiger partial charge in [-0.2, -0.15) is 8.78 Å². The molecule has 0 bridgehead atoms. The smallest absolute Gasteiger partial charge is 0.321 e. The zero-order valence-corrected chi connectivity index (χ0v) is 12.2. The molecule has 2 nitrogen and oxygen atoms in total. The first-order valence-corrected chi connectivity index (χ1v) is 6.24. The molecule has 0 aliphatic carbocycles. The molecular weight excluding hydrogens is 236 g/mol. The quantitative estimate of drug-likeness (QED) is 0.742. The number of allylic oxidation sites excluding steroid dienone is 3. The molecule has 0 radical (unpaired) electrons. The van der Waals surface area contributed by atoms with Crippen molar-refractivity contribution < 1.29 is 13.6 Å². The standard InChI is InChI=1S/C12H19F2NO.C2H6/c1-5-6-7-9(2)8-10(3)15-11(16)12(4,13)14;1-2/h5-7,10H,8H2,1-4H3,(H,15,16);1-2H3/b6-5-,9-7+;. The van der Waals surface area contributed by atoms with Crippen molar-refractivity contribution in [2.24, 2.45) is 0 Å². The third-order valence-electron chi connectivity index (χ3n) is 1.98. The summed E-state index contributed by atoms with van der Waals surface area (Å²) in [6, 6.07) is -0.292. The number of alkyl halides is 2. The topological polar surface area (TPSA) is 29.1 Å². The van der Waals surface area contributed by atoms with Crippen LogP contribution < -0.4 is 5.32 Å². The Bertz CT molecular complexity index is 291. The van der Waals surface area contributed by atoms with Crippen LogP contribution in [-0.4, -0.2) is 17.9 Å². The first kappa shape index (κ1) is 19.2. The molecule has 0 aromatic carbocycles. The number of hydrogen-bond donors (Lipinski definition) is 1. The third kappa shape index (κ3) is 10.00. The van der Waals surface area contributed by atoms with Gasteiger partial charge >= 0.3 is 5.92 Å². The van der Waals surface area contributed by atoms with Crippen LogP contribution in [-0.2, 0) is 4.79 Å². The summed E-state index contributed by atoms with van der Waals surface area (Å²) in [4.78, 5) is 11.0. The maximum Gasteiger partial charge on any atom is 0.321 e. The molecule has 4 heteroatoms. The van der Waals surface area contributed by atoms with Gasteiger partial charge < -0.3 is 5.32 Å². The van der Waals surface area contributed by atoms with E-state index >= 15 is 0 Å². The molecule has 0 aromatic rings. The van der Waals surface area contributed by atoms with Crippen molar-refractivity contribution in [2.45, 2.75) is 59.9 Å². The Hall–Kier alpha value is -1.19. The van der Waals surface area contributed by atoms with Gasteiger partial charge in [0.25, 0.3) is 5.91 Å². The van der Waals surface area contributed by atoms with Crippen LogP contribution in [0.1, 0.15) is 48.0 Å². The first-order valence-electron chi connectivity index (χ1n) is 6.24. The van der Waals surface area contributed by atoms with Gasteiger partial charge in [-0.05, 0) is 27.2 Å². The van der Waals surface area contributed by atoms with E-state index in [9.17, 15) is 13.6 Å². The monoisotopic (exact) mass is 261 g/mol. The molecule has 0 heterocycles. The second kappa shape index (κ2) is 9.80. The molecular formula is C14H25F2NO. The maximum atomic E-state index is 12.6. The van der Waals surface area contributed by atoms with Gasteiger partial charge in [0.05, 0.1) is 0 Å². The average Bonchev–Trinajstić information content (AvgIpc) is 2.27. The Morgan fingerprint density at radius 2 is 1.89 bits per heavy atom. The molecule has 106 valence electrons. The predicted molar refractivity (Wildman–Crippen MR) is 72.8 cm³/mol. The lowest BCUT2D eigenvalue weighted by molar-refractivity contribution is -0.143. The number of amides is 1. The van der Waals surface area contributed by atoms with Crippen molar-refractivity contribution in [3.63, 3.8) is 0 Å². The van der Waals surface area contributed by atoms with E-state index in [1.807, 2.05) is 45.9 Å². The van der Waals surface area contributed by atoms with Crippen molar-refractivity contribution in [1.82, 2.24) is 5.32 Å². The molecule has 0 aromatic heterocycles. The zero-order chi connectivity index (χ0) is 14.8. The minimum absolute atomic E-state index is 0.292. The van der Waals surface area contributed by atoms with E-state index in [4.69, 9.17) is 0 Å². The van der Waals surface area contributed by atoms with E-state index in [-0.39, 0.29) is 6.04 Å². The summed E-state index contributed by atoms with van der Waals surface area (Å²) in [7, 11) is 0. The van der Waals surface area contributed by atoms with Crippen molar-refractivity contribution in [1.29, 1.82) is 0 Å². The normalized spacial score (nSPS) is 13.9. The average molecular weight is 261 g/mol. The van der Waals surface area contributed by atoms with Crippen LogP contribution in [0, 0.1) is 0 Å². The van der Waals surface area contributed by atoms with Crippen LogP contribution >= 0.6 is 0 Å². The molecule has 0 spiro atoms. The molecule has 1 amide bonds. The minimum atomic E-state index is -3.31. The maximum absolute atomic E-state index is 12.6. The number of carbonyl (C=O) groups is 1. The summed E-state index contributed by atoms with van der Waals surface area (Å²) in [5, 5.41) is 2.27. The zero-order valence-electron chi connectivity index (χ0n) is 12.2. The third-order valence-corrected chi connectivity index (χ3v) is 1.98. The van der Waals surface area contributed by atoms with Gasteiger partial charge in [0.15, 0.2) is 0 Å². The fourth-order valence-electron chi connectivity index (χ4n) is 1.21. The van der Waals surface area contributed by atoms with E-state index in [0.29, 0.717) is 13.3 Å². The van der Waals surface area contributed by atoms with Crippen molar-refractivity contribution in [2.75, 3.05) is 0 Å². The molecule has 0 rings (SSSR count). The number of halogens is 2. The minimum Gasteiger partial charge on any atom is -0.348 e. The van der Waals surface area contributed by atoms with Gasteiger partial charge in [0.1, 0.15) is 0 Å². The predicted octanol–water partition coefficient (Wildman–Crippen LogP) is 4.09. The molecule has 0 saturated heterocycles. The van der Waals surface area contributed by atoms with Crippen LogP contribution in [0.5, 0.6) is 0 Å². The highest BCUT2D eigenvalue weighted by Gasteiger charge is 2.32.